The van der Waals surface area contributed by atoms with E-state index in [-0.39, 0.29) is 16.9 Å². The minimum Gasteiger partial charge on any atom is -0.510 e. The summed E-state index contributed by atoms with van der Waals surface area (Å²) in [4.78, 5) is 26.1. The second-order valence-corrected chi connectivity index (χ2v) is 9.46. The lowest BCUT2D eigenvalue weighted by atomic mass is 9.62. The molecule has 0 unspecified atom stereocenters. The SMILES string of the molecule is CCc1ccc(-c2ccc(Cl)c(C(F)(F)F)c2)cc1C1=C(O)C(C)(C)C(=O)C(C)(C)C1=O. The summed E-state index contributed by atoms with van der Waals surface area (Å²) in [6.45, 7) is 8.04. The fraction of sp³-hybridized carbons (Fsp3) is 0.360. The quantitative estimate of drug-likeness (QED) is 0.494. The average molecular weight is 465 g/mol. The maximum atomic E-state index is 13.3. The molecule has 7 heteroatoms. The van der Waals surface area contributed by atoms with Crippen molar-refractivity contribution >= 4 is 28.7 Å². The maximum Gasteiger partial charge on any atom is 0.417 e. The lowest BCUT2D eigenvalue weighted by Crippen LogP contribution is -2.48. The maximum absolute atomic E-state index is 13.3. The van der Waals surface area contributed by atoms with E-state index in [0.717, 1.165) is 11.6 Å². The summed E-state index contributed by atoms with van der Waals surface area (Å²) < 4.78 is 40.0. The van der Waals surface area contributed by atoms with Crippen molar-refractivity contribution in [3.63, 3.8) is 0 Å². The Bertz CT molecular complexity index is 1160. The summed E-state index contributed by atoms with van der Waals surface area (Å²) in [5, 5.41) is 10.6. The van der Waals surface area contributed by atoms with E-state index < -0.39 is 39.2 Å². The highest BCUT2D eigenvalue weighted by atomic mass is 35.5. The molecule has 170 valence electrons. The van der Waals surface area contributed by atoms with Gasteiger partial charge in [-0.15, -0.1) is 0 Å². The number of aliphatic hydroxyl groups excluding tert-OH is 1. The topological polar surface area (TPSA) is 54.4 Å². The molecule has 1 aliphatic carbocycles. The number of aryl methyl sites for hydroxylation is 1. The van der Waals surface area contributed by atoms with Gasteiger partial charge < -0.3 is 5.11 Å². The Labute approximate surface area is 189 Å². The molecule has 0 aliphatic heterocycles. The Morgan fingerprint density at radius 1 is 0.938 bits per heavy atom. The van der Waals surface area contributed by atoms with Crippen molar-refractivity contribution in [1.82, 2.24) is 0 Å². The average Bonchev–Trinajstić information content (AvgIpc) is 2.71. The molecular weight excluding hydrogens is 441 g/mol. The minimum absolute atomic E-state index is 0.0308. The fourth-order valence-electron chi connectivity index (χ4n) is 4.19. The molecule has 0 fully saturated rings. The Hall–Kier alpha value is -2.60. The second kappa shape index (κ2) is 7.77. The molecule has 32 heavy (non-hydrogen) atoms. The van der Waals surface area contributed by atoms with Crippen LogP contribution in [0.2, 0.25) is 5.02 Å². The monoisotopic (exact) mass is 464 g/mol. The first-order chi connectivity index (χ1) is 14.6. The zero-order valence-corrected chi connectivity index (χ0v) is 19.2. The zero-order valence-electron chi connectivity index (χ0n) is 18.4. The molecule has 3 rings (SSSR count). The van der Waals surface area contributed by atoms with E-state index >= 15 is 0 Å². The third-order valence-corrected chi connectivity index (χ3v) is 6.45. The van der Waals surface area contributed by atoms with Crippen LogP contribution in [0.3, 0.4) is 0 Å². The van der Waals surface area contributed by atoms with E-state index in [1.807, 2.05) is 6.92 Å². The summed E-state index contributed by atoms with van der Waals surface area (Å²) in [5.74, 6) is -1.23. The van der Waals surface area contributed by atoms with E-state index in [1.165, 1.54) is 26.0 Å². The normalized spacial score (nSPS) is 18.3. The van der Waals surface area contributed by atoms with Crippen LogP contribution < -0.4 is 0 Å². The van der Waals surface area contributed by atoms with Crippen LogP contribution in [0.4, 0.5) is 13.2 Å². The largest absolute Gasteiger partial charge is 0.510 e. The number of carbonyl (C=O) groups excluding carboxylic acids is 2. The molecule has 2 aromatic carbocycles. The van der Waals surface area contributed by atoms with Crippen LogP contribution in [-0.2, 0) is 22.2 Å². The van der Waals surface area contributed by atoms with Crippen LogP contribution in [0, 0.1) is 10.8 Å². The van der Waals surface area contributed by atoms with Gasteiger partial charge in [0.2, 0.25) is 0 Å². The van der Waals surface area contributed by atoms with Crippen LogP contribution in [0.5, 0.6) is 0 Å². The van der Waals surface area contributed by atoms with Crippen molar-refractivity contribution in [2.75, 3.05) is 0 Å². The lowest BCUT2D eigenvalue weighted by molar-refractivity contribution is -0.143. The molecule has 1 N–H and O–H groups in total. The smallest absolute Gasteiger partial charge is 0.417 e. The van der Waals surface area contributed by atoms with Gasteiger partial charge in [0.25, 0.3) is 0 Å². The van der Waals surface area contributed by atoms with Crippen molar-refractivity contribution in [2.45, 2.75) is 47.2 Å². The number of carbonyl (C=O) groups is 2. The number of allylic oxidation sites excluding steroid dienone is 2. The predicted molar refractivity (Wildman–Crippen MR) is 118 cm³/mol. The number of hydrogen-bond donors (Lipinski definition) is 1. The number of halogens is 4. The van der Waals surface area contributed by atoms with E-state index in [9.17, 15) is 27.9 Å². The number of benzene rings is 2. The van der Waals surface area contributed by atoms with E-state index in [1.54, 1.807) is 32.0 Å². The van der Waals surface area contributed by atoms with Crippen molar-refractivity contribution < 1.29 is 27.9 Å². The molecule has 0 spiro atoms. The van der Waals surface area contributed by atoms with Crippen molar-refractivity contribution in [3.8, 4) is 11.1 Å². The Morgan fingerprint density at radius 3 is 2.06 bits per heavy atom. The molecule has 2 aromatic rings. The first kappa shape index (κ1) is 24.1. The molecule has 0 saturated heterocycles. The van der Waals surface area contributed by atoms with E-state index in [0.29, 0.717) is 17.5 Å². The van der Waals surface area contributed by atoms with Gasteiger partial charge in [-0.3, -0.25) is 9.59 Å². The van der Waals surface area contributed by atoms with Crippen molar-refractivity contribution in [1.29, 1.82) is 0 Å². The zero-order chi connectivity index (χ0) is 24.2. The van der Waals surface area contributed by atoms with Crippen molar-refractivity contribution in [3.05, 3.63) is 63.9 Å². The summed E-state index contributed by atoms with van der Waals surface area (Å²) in [7, 11) is 0. The van der Waals surface area contributed by atoms with Crippen LogP contribution in [-0.4, -0.2) is 16.7 Å². The number of aliphatic hydroxyl groups is 1. The standard InChI is InChI=1S/C25H24ClF3O3/c1-6-13-7-8-14(15-9-10-18(26)17(12-15)25(27,28)29)11-16(13)19-20(30)23(2,3)22(32)24(4,5)21(19)31/h7-12,30H,6H2,1-5H3. The Balaban J connectivity index is 2.28. The number of alkyl halides is 3. The highest BCUT2D eigenvalue weighted by Crippen LogP contribution is 2.47. The van der Waals surface area contributed by atoms with Gasteiger partial charge in [-0.25, -0.2) is 0 Å². The van der Waals surface area contributed by atoms with E-state index in [4.69, 9.17) is 11.6 Å². The summed E-state index contributed by atoms with van der Waals surface area (Å²) in [6, 6.07) is 8.58. The fourth-order valence-corrected chi connectivity index (χ4v) is 4.42. The Morgan fingerprint density at radius 2 is 1.50 bits per heavy atom. The highest BCUT2D eigenvalue weighted by Gasteiger charge is 2.53. The third-order valence-electron chi connectivity index (χ3n) is 6.12. The first-order valence-corrected chi connectivity index (χ1v) is 10.6. The number of Topliss-reactive ketones (excluding diaryl/α,β-unsaturated/α-hetero) is 2. The number of ketones is 2. The number of rotatable bonds is 3. The van der Waals surface area contributed by atoms with Crippen molar-refractivity contribution in [2.24, 2.45) is 10.8 Å². The molecule has 1 aliphatic rings. The van der Waals surface area contributed by atoms with E-state index in [2.05, 4.69) is 0 Å². The molecule has 3 nitrogen and oxygen atoms in total. The van der Waals surface area contributed by atoms with Gasteiger partial charge in [-0.05, 0) is 74.6 Å². The summed E-state index contributed by atoms with van der Waals surface area (Å²) in [5.41, 5.74) is -1.72. The Kier molecular flexibility index (Phi) is 5.84. The molecule has 0 atom stereocenters. The second-order valence-electron chi connectivity index (χ2n) is 9.05. The molecular formula is C25H24ClF3O3. The molecule has 0 heterocycles. The summed E-state index contributed by atoms with van der Waals surface area (Å²) >= 11 is 5.75. The van der Waals surface area contributed by atoms with Gasteiger partial charge in [-0.2, -0.15) is 13.2 Å². The van der Waals surface area contributed by atoms with Crippen LogP contribution in [0.15, 0.2) is 42.2 Å². The molecule has 0 bridgehead atoms. The highest BCUT2D eigenvalue weighted by molar-refractivity contribution is 6.34. The van der Waals surface area contributed by atoms with Gasteiger partial charge in [-0.1, -0.05) is 36.7 Å². The van der Waals surface area contributed by atoms with Crippen LogP contribution >= 0.6 is 11.6 Å². The molecule has 0 aromatic heterocycles. The molecule has 0 radical (unpaired) electrons. The van der Waals surface area contributed by atoms with Gasteiger partial charge in [0.1, 0.15) is 5.76 Å². The minimum atomic E-state index is -4.62. The van der Waals surface area contributed by atoms with Gasteiger partial charge in [0.05, 0.1) is 27.0 Å². The first-order valence-electron chi connectivity index (χ1n) is 10.2. The van der Waals surface area contributed by atoms with Gasteiger partial charge in [0, 0.05) is 0 Å². The predicted octanol–water partition coefficient (Wildman–Crippen LogP) is 7.06. The van der Waals surface area contributed by atoms with Gasteiger partial charge >= 0.3 is 6.18 Å². The lowest BCUT2D eigenvalue weighted by Gasteiger charge is -2.38. The van der Waals surface area contributed by atoms with Crippen LogP contribution in [0.25, 0.3) is 16.7 Å². The number of hydrogen-bond acceptors (Lipinski definition) is 3. The molecule has 0 saturated carbocycles. The summed E-state index contributed by atoms with van der Waals surface area (Å²) in [6.07, 6.45) is -4.10. The van der Waals surface area contributed by atoms with Crippen LogP contribution in [0.1, 0.15) is 51.3 Å². The van der Waals surface area contributed by atoms with Gasteiger partial charge in [0.15, 0.2) is 11.6 Å². The molecule has 0 amide bonds. The third kappa shape index (κ3) is 3.75.